The van der Waals surface area contributed by atoms with Gasteiger partial charge in [0.15, 0.2) is 11.5 Å². The normalized spacial score (nSPS) is 11.2. The molecule has 4 heteroatoms. The van der Waals surface area contributed by atoms with Gasteiger partial charge in [0.05, 0.1) is 13.2 Å². The van der Waals surface area contributed by atoms with Gasteiger partial charge < -0.3 is 9.47 Å². The van der Waals surface area contributed by atoms with Crippen molar-refractivity contribution in [3.05, 3.63) is 45.3 Å². The molecule has 0 spiro atoms. The Morgan fingerprint density at radius 3 is 1.46 bits per heavy atom. The van der Waals surface area contributed by atoms with Gasteiger partial charge in [-0.2, -0.15) is 0 Å². The van der Waals surface area contributed by atoms with Crippen molar-refractivity contribution in [2.75, 3.05) is 13.2 Å². The van der Waals surface area contributed by atoms with Crippen molar-refractivity contribution >= 4 is 53.4 Å². The summed E-state index contributed by atoms with van der Waals surface area (Å²) in [6, 6.07) is 12.7. The first kappa shape index (κ1) is 19.5. The Bertz CT molecular complexity index is 831. The quantitative estimate of drug-likeness (QED) is 0.241. The van der Waals surface area contributed by atoms with E-state index < -0.39 is 0 Å². The zero-order valence-corrected chi connectivity index (χ0v) is 18.5. The van der Waals surface area contributed by atoms with Gasteiger partial charge in [-0.3, -0.25) is 0 Å². The number of unbranched alkanes of at least 4 members (excludes halogenated alkanes) is 2. The third kappa shape index (κ3) is 4.17. The number of benzene rings is 3. The molecule has 3 aromatic rings. The molecule has 0 saturated carbocycles. The largest absolute Gasteiger partial charge is 0.489 e. The molecule has 3 rings (SSSR count). The van der Waals surface area contributed by atoms with Gasteiger partial charge in [0.1, 0.15) is 0 Å². The Labute approximate surface area is 172 Å². The average molecular weight is 480 g/mol. The first-order valence-corrected chi connectivity index (χ1v) is 10.8. The lowest BCUT2D eigenvalue weighted by atomic mass is 10.00. The fraction of sp³-hybridized carbons (Fsp3) is 0.364. The van der Waals surface area contributed by atoms with Crippen LogP contribution in [0.25, 0.3) is 21.5 Å². The second-order valence-corrected chi connectivity index (χ2v) is 8.27. The van der Waals surface area contributed by atoms with Crippen LogP contribution >= 0.6 is 31.9 Å². The lowest BCUT2D eigenvalue weighted by Gasteiger charge is -2.19. The van der Waals surface area contributed by atoms with E-state index in [-0.39, 0.29) is 0 Å². The molecule has 0 fully saturated rings. The van der Waals surface area contributed by atoms with Gasteiger partial charge in [-0.25, -0.2) is 0 Å². The summed E-state index contributed by atoms with van der Waals surface area (Å²) in [6.45, 7) is 5.76. The highest BCUT2D eigenvalue weighted by molar-refractivity contribution is 9.10. The lowest BCUT2D eigenvalue weighted by molar-refractivity contribution is 0.267. The predicted molar refractivity (Wildman–Crippen MR) is 118 cm³/mol. The Morgan fingerprint density at radius 1 is 0.654 bits per heavy atom. The van der Waals surface area contributed by atoms with Gasteiger partial charge in [-0.1, -0.05) is 58.5 Å². The van der Waals surface area contributed by atoms with E-state index in [1.54, 1.807) is 0 Å². The van der Waals surface area contributed by atoms with Crippen LogP contribution in [0.1, 0.15) is 39.5 Å². The van der Waals surface area contributed by atoms with Crippen molar-refractivity contribution in [1.29, 1.82) is 0 Å². The van der Waals surface area contributed by atoms with Crippen LogP contribution in [0.5, 0.6) is 11.5 Å². The molecule has 138 valence electrons. The van der Waals surface area contributed by atoms with Crippen molar-refractivity contribution in [3.8, 4) is 11.5 Å². The van der Waals surface area contributed by atoms with E-state index in [1.807, 2.05) is 0 Å². The van der Waals surface area contributed by atoms with Crippen LogP contribution in [0.2, 0.25) is 0 Å². The molecular formula is C22H24Br2O2. The summed E-state index contributed by atoms with van der Waals surface area (Å²) >= 11 is 7.22. The second-order valence-electron chi connectivity index (χ2n) is 6.44. The number of ether oxygens (including phenoxy) is 2. The summed E-state index contributed by atoms with van der Waals surface area (Å²) in [5.41, 5.74) is 0. The molecule has 0 amide bonds. The summed E-state index contributed by atoms with van der Waals surface area (Å²) in [6.07, 6.45) is 4.28. The van der Waals surface area contributed by atoms with Crippen LogP contribution in [0.4, 0.5) is 0 Å². The number of fused-ring (bicyclic) bond motifs is 3. The fourth-order valence-electron chi connectivity index (χ4n) is 3.04. The number of rotatable bonds is 8. The standard InChI is InChI=1S/C22H24Br2O2/c1-3-5-11-25-21-17-9-7-15(23)13-19(17)20-14-16(24)8-10-18(20)22(21)26-12-6-4-2/h7-10,13-14H,3-6,11-12H2,1-2H3. The Hall–Kier alpha value is -1.26. The third-order valence-electron chi connectivity index (χ3n) is 4.44. The number of halogens is 2. The van der Waals surface area contributed by atoms with Gasteiger partial charge in [0.25, 0.3) is 0 Å². The number of hydrogen-bond acceptors (Lipinski definition) is 2. The molecule has 0 aliphatic rings. The minimum atomic E-state index is 0.702. The summed E-state index contributed by atoms with van der Waals surface area (Å²) in [4.78, 5) is 0. The zero-order valence-electron chi connectivity index (χ0n) is 15.3. The van der Waals surface area contributed by atoms with E-state index in [1.165, 1.54) is 10.8 Å². The molecule has 2 nitrogen and oxygen atoms in total. The van der Waals surface area contributed by atoms with E-state index in [9.17, 15) is 0 Å². The van der Waals surface area contributed by atoms with Crippen molar-refractivity contribution < 1.29 is 9.47 Å². The van der Waals surface area contributed by atoms with Crippen molar-refractivity contribution in [1.82, 2.24) is 0 Å². The minimum absolute atomic E-state index is 0.702. The van der Waals surface area contributed by atoms with Crippen LogP contribution in [0, 0.1) is 0 Å². The van der Waals surface area contributed by atoms with Gasteiger partial charge >= 0.3 is 0 Å². The molecule has 0 heterocycles. The highest BCUT2D eigenvalue weighted by Crippen LogP contribution is 2.45. The topological polar surface area (TPSA) is 18.5 Å². The first-order chi connectivity index (χ1) is 12.7. The number of hydrogen-bond donors (Lipinski definition) is 0. The molecule has 0 aromatic heterocycles. The van der Waals surface area contributed by atoms with Crippen LogP contribution in [0.3, 0.4) is 0 Å². The van der Waals surface area contributed by atoms with E-state index in [2.05, 4.69) is 82.1 Å². The third-order valence-corrected chi connectivity index (χ3v) is 5.42. The molecule has 0 radical (unpaired) electrons. The van der Waals surface area contributed by atoms with Gasteiger partial charge in [0.2, 0.25) is 0 Å². The average Bonchev–Trinajstić information content (AvgIpc) is 2.63. The van der Waals surface area contributed by atoms with Gasteiger partial charge in [-0.15, -0.1) is 0 Å². The lowest BCUT2D eigenvalue weighted by Crippen LogP contribution is -2.04. The molecule has 0 aliphatic heterocycles. The minimum Gasteiger partial charge on any atom is -0.489 e. The zero-order chi connectivity index (χ0) is 18.5. The van der Waals surface area contributed by atoms with Crippen LogP contribution in [0.15, 0.2) is 45.3 Å². The smallest absolute Gasteiger partial charge is 0.169 e. The van der Waals surface area contributed by atoms with Gasteiger partial charge in [0, 0.05) is 19.7 Å². The molecule has 0 saturated heterocycles. The molecule has 0 atom stereocenters. The second kappa shape index (κ2) is 9.09. The van der Waals surface area contributed by atoms with Crippen LogP contribution in [-0.2, 0) is 0 Å². The van der Waals surface area contributed by atoms with Crippen molar-refractivity contribution in [3.63, 3.8) is 0 Å². The summed E-state index contributed by atoms with van der Waals surface area (Å²) < 4.78 is 14.6. The summed E-state index contributed by atoms with van der Waals surface area (Å²) in [7, 11) is 0. The molecule has 0 N–H and O–H groups in total. The fourth-order valence-corrected chi connectivity index (χ4v) is 3.77. The molecule has 3 aromatic carbocycles. The molecule has 0 aliphatic carbocycles. The molecule has 0 unspecified atom stereocenters. The highest BCUT2D eigenvalue weighted by Gasteiger charge is 2.17. The summed E-state index contributed by atoms with van der Waals surface area (Å²) in [5.74, 6) is 1.73. The Balaban J connectivity index is 2.25. The van der Waals surface area contributed by atoms with Crippen LogP contribution in [-0.4, -0.2) is 13.2 Å². The Kier molecular flexibility index (Phi) is 6.82. The van der Waals surface area contributed by atoms with Crippen molar-refractivity contribution in [2.45, 2.75) is 39.5 Å². The molecule has 26 heavy (non-hydrogen) atoms. The van der Waals surface area contributed by atoms with E-state index >= 15 is 0 Å². The van der Waals surface area contributed by atoms with Gasteiger partial charge in [-0.05, 0) is 60.0 Å². The SMILES string of the molecule is CCCCOc1c(OCCCC)c2ccc(Br)cc2c2cc(Br)ccc12. The maximum absolute atomic E-state index is 6.25. The maximum atomic E-state index is 6.25. The monoisotopic (exact) mass is 478 g/mol. The van der Waals surface area contributed by atoms with E-state index in [4.69, 9.17) is 9.47 Å². The van der Waals surface area contributed by atoms with Crippen molar-refractivity contribution in [2.24, 2.45) is 0 Å². The van der Waals surface area contributed by atoms with E-state index in [0.717, 1.165) is 56.9 Å². The predicted octanol–water partition coefficient (Wildman–Crippen LogP) is 7.88. The maximum Gasteiger partial charge on any atom is 0.169 e. The summed E-state index contributed by atoms with van der Waals surface area (Å²) in [5, 5.41) is 4.54. The highest BCUT2D eigenvalue weighted by atomic mass is 79.9. The molecule has 0 bridgehead atoms. The molecular weight excluding hydrogens is 456 g/mol. The van der Waals surface area contributed by atoms with Crippen LogP contribution < -0.4 is 9.47 Å². The first-order valence-electron chi connectivity index (χ1n) is 9.25. The Morgan fingerprint density at radius 2 is 1.08 bits per heavy atom. The van der Waals surface area contributed by atoms with E-state index in [0.29, 0.717) is 13.2 Å².